The van der Waals surface area contributed by atoms with Crippen molar-refractivity contribution in [3.05, 3.63) is 29.8 Å². The first-order chi connectivity index (χ1) is 10.7. The van der Waals surface area contributed by atoms with Gasteiger partial charge in [0.15, 0.2) is 0 Å². The Hall–Kier alpha value is -1.59. The molecule has 3 rings (SSSR count). The predicted octanol–water partition coefficient (Wildman–Crippen LogP) is 1.25. The lowest BCUT2D eigenvalue weighted by atomic mass is 9.82. The van der Waals surface area contributed by atoms with Crippen LogP contribution in [0.2, 0.25) is 0 Å². The van der Waals surface area contributed by atoms with E-state index in [1.807, 2.05) is 17.0 Å². The second kappa shape index (κ2) is 6.67. The lowest BCUT2D eigenvalue weighted by Gasteiger charge is -2.33. The molecule has 120 valence electrons. The molecule has 0 radical (unpaired) electrons. The van der Waals surface area contributed by atoms with Gasteiger partial charge >= 0.3 is 0 Å². The average Bonchev–Trinajstić information content (AvgIpc) is 2.95. The van der Waals surface area contributed by atoms with E-state index < -0.39 is 0 Å². The van der Waals surface area contributed by atoms with Gasteiger partial charge in [0, 0.05) is 38.1 Å². The Kier molecular flexibility index (Phi) is 4.64. The number of carbonyl (C=O) groups is 1. The summed E-state index contributed by atoms with van der Waals surface area (Å²) in [5, 5.41) is 3.48. The number of hydrogen-bond acceptors (Lipinski definition) is 4. The summed E-state index contributed by atoms with van der Waals surface area (Å²) >= 11 is 0. The third-order valence-electron chi connectivity index (χ3n) is 4.93. The number of nitrogens with zero attached hydrogens (tertiary/aromatic N) is 1. The van der Waals surface area contributed by atoms with Crippen LogP contribution in [0.5, 0.6) is 5.75 Å². The van der Waals surface area contributed by atoms with Crippen molar-refractivity contribution in [2.24, 2.45) is 5.92 Å². The van der Waals surface area contributed by atoms with Crippen molar-refractivity contribution in [2.45, 2.75) is 18.4 Å². The molecule has 0 saturated carbocycles. The highest BCUT2D eigenvalue weighted by Gasteiger charge is 2.45. The van der Waals surface area contributed by atoms with E-state index in [-0.39, 0.29) is 12.5 Å². The van der Waals surface area contributed by atoms with E-state index in [9.17, 15) is 4.79 Å². The molecule has 0 spiro atoms. The molecule has 0 unspecified atom stereocenters. The summed E-state index contributed by atoms with van der Waals surface area (Å²) < 4.78 is 10.3. The fraction of sp³-hybridized carbons (Fsp3) is 0.588. The van der Waals surface area contributed by atoms with Gasteiger partial charge in [0.25, 0.3) is 0 Å². The molecule has 2 heterocycles. The summed E-state index contributed by atoms with van der Waals surface area (Å²) in [6, 6.07) is 8.58. The maximum absolute atomic E-state index is 12.3. The van der Waals surface area contributed by atoms with Crippen LogP contribution in [0, 0.1) is 5.92 Å². The molecule has 1 aromatic rings. The standard InChI is InChI=1S/C17H24N2O3/c1-21-11-17(20)19-10-15(14-9-18-8-7-16(14)19)12-3-5-13(22-2)6-4-12/h3-6,14-16,18H,7-11H2,1-2H3/t14-,15-,16-/m1/s1. The number of benzene rings is 1. The fourth-order valence-electron chi connectivity index (χ4n) is 3.85. The Morgan fingerprint density at radius 2 is 2.09 bits per heavy atom. The Morgan fingerprint density at radius 1 is 1.32 bits per heavy atom. The van der Waals surface area contributed by atoms with Gasteiger partial charge in [-0.15, -0.1) is 0 Å². The van der Waals surface area contributed by atoms with E-state index in [0.29, 0.717) is 17.9 Å². The second-order valence-corrected chi connectivity index (χ2v) is 6.08. The number of fused-ring (bicyclic) bond motifs is 1. The quantitative estimate of drug-likeness (QED) is 0.909. The summed E-state index contributed by atoms with van der Waals surface area (Å²) in [6.07, 6.45) is 1.02. The number of likely N-dealkylation sites (tertiary alicyclic amines) is 1. The Balaban J connectivity index is 1.82. The number of rotatable bonds is 4. The molecular formula is C17H24N2O3. The highest BCUT2D eigenvalue weighted by Crippen LogP contribution is 2.40. The monoisotopic (exact) mass is 304 g/mol. The van der Waals surface area contributed by atoms with Crippen LogP contribution in [0.4, 0.5) is 0 Å². The van der Waals surface area contributed by atoms with Crippen LogP contribution in [0.1, 0.15) is 17.9 Å². The molecule has 1 N–H and O–H groups in total. The van der Waals surface area contributed by atoms with Crippen molar-refractivity contribution in [1.29, 1.82) is 0 Å². The largest absolute Gasteiger partial charge is 0.497 e. The fourth-order valence-corrected chi connectivity index (χ4v) is 3.85. The normalized spacial score (nSPS) is 27.5. The molecule has 0 bridgehead atoms. The summed E-state index contributed by atoms with van der Waals surface area (Å²) in [4.78, 5) is 14.4. The molecule has 1 amide bonds. The zero-order valence-corrected chi connectivity index (χ0v) is 13.2. The third kappa shape index (κ3) is 2.83. The lowest BCUT2D eigenvalue weighted by molar-refractivity contribution is -0.136. The van der Waals surface area contributed by atoms with Gasteiger partial charge in [0.05, 0.1) is 7.11 Å². The van der Waals surface area contributed by atoms with Crippen molar-refractivity contribution >= 4 is 5.91 Å². The van der Waals surface area contributed by atoms with Crippen LogP contribution in [0.15, 0.2) is 24.3 Å². The molecular weight excluding hydrogens is 280 g/mol. The van der Waals surface area contributed by atoms with Gasteiger partial charge in [-0.05, 0) is 30.7 Å². The SMILES string of the molecule is COCC(=O)N1C[C@H](c2ccc(OC)cc2)[C@H]2CNCC[C@H]21. The topological polar surface area (TPSA) is 50.8 Å². The zero-order valence-electron chi connectivity index (χ0n) is 13.2. The highest BCUT2D eigenvalue weighted by molar-refractivity contribution is 5.78. The number of hydrogen-bond donors (Lipinski definition) is 1. The first-order valence-corrected chi connectivity index (χ1v) is 7.87. The van der Waals surface area contributed by atoms with Gasteiger partial charge in [0.1, 0.15) is 12.4 Å². The molecule has 5 nitrogen and oxygen atoms in total. The predicted molar refractivity (Wildman–Crippen MR) is 84.1 cm³/mol. The van der Waals surface area contributed by atoms with E-state index in [0.717, 1.165) is 31.8 Å². The summed E-state index contributed by atoms with van der Waals surface area (Å²) in [7, 11) is 3.26. The van der Waals surface area contributed by atoms with Crippen molar-refractivity contribution in [1.82, 2.24) is 10.2 Å². The van der Waals surface area contributed by atoms with E-state index >= 15 is 0 Å². The first kappa shape index (κ1) is 15.3. The summed E-state index contributed by atoms with van der Waals surface area (Å²) in [5.74, 6) is 1.83. The van der Waals surface area contributed by atoms with E-state index in [4.69, 9.17) is 9.47 Å². The van der Waals surface area contributed by atoms with Crippen molar-refractivity contribution in [2.75, 3.05) is 40.5 Å². The van der Waals surface area contributed by atoms with Gasteiger partial charge in [-0.3, -0.25) is 4.79 Å². The first-order valence-electron chi connectivity index (χ1n) is 7.87. The molecule has 0 aromatic heterocycles. The minimum atomic E-state index is 0.107. The van der Waals surface area contributed by atoms with Crippen molar-refractivity contribution in [3.63, 3.8) is 0 Å². The van der Waals surface area contributed by atoms with Crippen LogP contribution in [-0.2, 0) is 9.53 Å². The number of carbonyl (C=O) groups excluding carboxylic acids is 1. The maximum Gasteiger partial charge on any atom is 0.248 e. The van der Waals surface area contributed by atoms with Gasteiger partial charge in [-0.25, -0.2) is 0 Å². The molecule has 3 atom stereocenters. The van der Waals surface area contributed by atoms with Gasteiger partial charge in [-0.2, -0.15) is 0 Å². The zero-order chi connectivity index (χ0) is 15.5. The van der Waals surface area contributed by atoms with Crippen LogP contribution >= 0.6 is 0 Å². The molecule has 2 aliphatic heterocycles. The molecule has 0 aliphatic carbocycles. The molecule has 2 saturated heterocycles. The number of nitrogens with one attached hydrogen (secondary N) is 1. The van der Waals surface area contributed by atoms with Gasteiger partial charge in [-0.1, -0.05) is 12.1 Å². The van der Waals surface area contributed by atoms with Crippen LogP contribution in [0.3, 0.4) is 0 Å². The molecule has 5 heteroatoms. The van der Waals surface area contributed by atoms with Gasteiger partial charge < -0.3 is 19.7 Å². The minimum absolute atomic E-state index is 0.107. The summed E-state index contributed by atoms with van der Waals surface area (Å²) in [6.45, 7) is 2.91. The van der Waals surface area contributed by atoms with Crippen LogP contribution in [-0.4, -0.2) is 57.3 Å². The Labute approximate surface area is 131 Å². The number of methoxy groups -OCH3 is 2. The van der Waals surface area contributed by atoms with E-state index in [1.165, 1.54) is 5.56 Å². The highest BCUT2D eigenvalue weighted by atomic mass is 16.5. The van der Waals surface area contributed by atoms with E-state index in [1.54, 1.807) is 14.2 Å². The smallest absolute Gasteiger partial charge is 0.248 e. The van der Waals surface area contributed by atoms with Crippen molar-refractivity contribution in [3.8, 4) is 5.75 Å². The average molecular weight is 304 g/mol. The third-order valence-corrected chi connectivity index (χ3v) is 4.93. The van der Waals surface area contributed by atoms with E-state index in [2.05, 4.69) is 17.4 Å². The molecule has 22 heavy (non-hydrogen) atoms. The lowest BCUT2D eigenvalue weighted by Crippen LogP contribution is -2.46. The van der Waals surface area contributed by atoms with Crippen molar-refractivity contribution < 1.29 is 14.3 Å². The number of amides is 1. The minimum Gasteiger partial charge on any atom is -0.497 e. The Bertz CT molecular complexity index is 517. The molecule has 2 aliphatic rings. The van der Waals surface area contributed by atoms with Crippen LogP contribution in [0.25, 0.3) is 0 Å². The maximum atomic E-state index is 12.3. The Morgan fingerprint density at radius 3 is 2.77 bits per heavy atom. The number of ether oxygens (including phenoxy) is 2. The number of piperidine rings is 1. The molecule has 1 aromatic carbocycles. The molecule has 2 fully saturated rings. The van der Waals surface area contributed by atoms with Gasteiger partial charge in [0.2, 0.25) is 5.91 Å². The summed E-state index contributed by atoms with van der Waals surface area (Å²) in [5.41, 5.74) is 1.28. The second-order valence-electron chi connectivity index (χ2n) is 6.08. The van der Waals surface area contributed by atoms with Crippen LogP contribution < -0.4 is 10.1 Å².